The van der Waals surface area contributed by atoms with Gasteiger partial charge in [0.1, 0.15) is 0 Å². The van der Waals surface area contributed by atoms with Crippen molar-refractivity contribution >= 4 is 27.6 Å². The van der Waals surface area contributed by atoms with Gasteiger partial charge in [-0.05, 0) is 52.5 Å². The molecule has 0 unspecified atom stereocenters. The minimum Gasteiger partial charge on any atom is -0.414 e. The van der Waals surface area contributed by atoms with Gasteiger partial charge < -0.3 is 4.74 Å². The number of hydrogen-bond acceptors (Lipinski definition) is 4. The number of benzene rings is 2. The van der Waals surface area contributed by atoms with Gasteiger partial charge in [0.25, 0.3) is 0 Å². The Morgan fingerprint density at radius 1 is 1.10 bits per heavy atom. The summed E-state index contributed by atoms with van der Waals surface area (Å²) >= 11 is 2.84. The number of nitro benzene ring substituents is 1. The lowest BCUT2D eigenvalue weighted by Gasteiger charge is -2.11. The van der Waals surface area contributed by atoms with Crippen LogP contribution in [0.5, 0.6) is 5.75 Å². The van der Waals surface area contributed by atoms with E-state index in [0.29, 0.717) is 12.1 Å². The molecule has 0 aliphatic heterocycles. The number of unbranched alkanes of at least 4 members (excludes halogenated alkanes) is 4. The Morgan fingerprint density at radius 2 is 1.73 bits per heavy atom. The van der Waals surface area contributed by atoms with Crippen molar-refractivity contribution in [3.63, 3.8) is 0 Å². The van der Waals surface area contributed by atoms with Crippen molar-refractivity contribution in [2.75, 3.05) is 0 Å². The van der Waals surface area contributed by atoms with Crippen LogP contribution >= 0.6 is 15.9 Å². The van der Waals surface area contributed by atoms with Crippen molar-refractivity contribution in [1.82, 2.24) is 0 Å². The molecule has 0 aliphatic rings. The van der Waals surface area contributed by atoms with Crippen LogP contribution in [0.1, 0.15) is 60.5 Å². The third-order valence-electron chi connectivity index (χ3n) is 4.50. The van der Waals surface area contributed by atoms with Crippen LogP contribution in [0.2, 0.25) is 0 Å². The van der Waals surface area contributed by atoms with E-state index in [1.807, 2.05) is 0 Å². The summed E-state index contributed by atoms with van der Waals surface area (Å²) in [4.78, 5) is 22.6. The van der Waals surface area contributed by atoms with Gasteiger partial charge in [-0.3, -0.25) is 10.1 Å². The van der Waals surface area contributed by atoms with E-state index in [1.54, 1.807) is 12.1 Å². The van der Waals surface area contributed by atoms with E-state index in [0.717, 1.165) is 24.8 Å². The molecule has 0 heterocycles. The zero-order valence-electron chi connectivity index (χ0n) is 16.3. The quantitative estimate of drug-likeness (QED) is 0.124. The van der Waals surface area contributed by atoms with Gasteiger partial charge in [0.2, 0.25) is 5.75 Å². The minimum absolute atomic E-state index is 0.144. The van der Waals surface area contributed by atoms with Crippen LogP contribution in [0.3, 0.4) is 0 Å². The predicted octanol–water partition coefficient (Wildman–Crippen LogP) is 7.11. The molecule has 0 atom stereocenters. The Hall–Kier alpha value is -2.42. The molecule has 0 saturated carbocycles. The minimum atomic E-state index is -4.78. The summed E-state index contributed by atoms with van der Waals surface area (Å²) < 4.78 is 43.4. The molecule has 0 fully saturated rings. The third-order valence-corrected chi connectivity index (χ3v) is 5.09. The maximum Gasteiger partial charge on any atom is 0.416 e. The molecule has 0 aliphatic carbocycles. The number of nitrogens with zero attached hydrogens (tertiary/aromatic N) is 1. The number of esters is 1. The fourth-order valence-corrected chi connectivity index (χ4v) is 3.40. The van der Waals surface area contributed by atoms with Crippen molar-refractivity contribution in [2.24, 2.45) is 0 Å². The van der Waals surface area contributed by atoms with E-state index in [-0.39, 0.29) is 10.0 Å². The molecule has 0 N–H and O–H groups in total. The molecular formula is C21H21BrF3NO4. The molecule has 0 bridgehead atoms. The summed E-state index contributed by atoms with van der Waals surface area (Å²) in [5, 5.41) is 11.2. The topological polar surface area (TPSA) is 69.4 Å². The van der Waals surface area contributed by atoms with Gasteiger partial charge in [-0.25, -0.2) is 4.79 Å². The highest BCUT2D eigenvalue weighted by Crippen LogP contribution is 2.41. The van der Waals surface area contributed by atoms with Crippen molar-refractivity contribution in [3.05, 3.63) is 67.7 Å². The van der Waals surface area contributed by atoms with Crippen LogP contribution in [-0.4, -0.2) is 10.9 Å². The van der Waals surface area contributed by atoms with Gasteiger partial charge in [0.15, 0.2) is 0 Å². The molecule has 2 aromatic rings. The number of nitro groups is 1. The van der Waals surface area contributed by atoms with Gasteiger partial charge in [0.05, 0.1) is 20.5 Å². The van der Waals surface area contributed by atoms with Crippen molar-refractivity contribution < 1.29 is 27.6 Å². The number of halogens is 4. The molecule has 9 heteroatoms. The summed E-state index contributed by atoms with van der Waals surface area (Å²) in [5.74, 6) is -1.47. The van der Waals surface area contributed by atoms with Crippen LogP contribution in [0.4, 0.5) is 18.9 Å². The lowest BCUT2D eigenvalue weighted by Crippen LogP contribution is -2.12. The van der Waals surface area contributed by atoms with Gasteiger partial charge >= 0.3 is 17.8 Å². The fourth-order valence-electron chi connectivity index (χ4n) is 2.87. The zero-order valence-corrected chi connectivity index (χ0v) is 17.9. The lowest BCUT2D eigenvalue weighted by molar-refractivity contribution is -0.385. The van der Waals surface area contributed by atoms with Crippen molar-refractivity contribution in [3.8, 4) is 5.75 Å². The number of alkyl halides is 3. The monoisotopic (exact) mass is 487 g/mol. The molecule has 0 aromatic heterocycles. The second-order valence-electron chi connectivity index (χ2n) is 6.81. The number of hydrogen-bond donors (Lipinski definition) is 0. The lowest BCUT2D eigenvalue weighted by atomic mass is 10.0. The maximum atomic E-state index is 12.9. The smallest absolute Gasteiger partial charge is 0.414 e. The summed E-state index contributed by atoms with van der Waals surface area (Å²) in [6.45, 7) is 2.15. The second kappa shape index (κ2) is 10.6. The first-order chi connectivity index (χ1) is 14.1. The molecular weight excluding hydrogens is 467 g/mol. The summed E-state index contributed by atoms with van der Waals surface area (Å²) in [7, 11) is 0. The normalized spacial score (nSPS) is 11.4. The number of rotatable bonds is 9. The van der Waals surface area contributed by atoms with Crippen molar-refractivity contribution in [1.29, 1.82) is 0 Å². The first-order valence-corrected chi connectivity index (χ1v) is 10.3. The maximum absolute atomic E-state index is 12.9. The molecule has 0 spiro atoms. The molecule has 2 rings (SSSR count). The first-order valence-electron chi connectivity index (χ1n) is 9.49. The molecule has 0 saturated heterocycles. The first kappa shape index (κ1) is 23.9. The van der Waals surface area contributed by atoms with E-state index < -0.39 is 34.1 Å². The molecule has 0 radical (unpaired) electrons. The third kappa shape index (κ3) is 6.55. The van der Waals surface area contributed by atoms with Gasteiger partial charge in [0, 0.05) is 6.07 Å². The average Bonchev–Trinajstić information content (AvgIpc) is 2.68. The van der Waals surface area contributed by atoms with E-state index in [9.17, 15) is 28.1 Å². The highest BCUT2D eigenvalue weighted by molar-refractivity contribution is 9.10. The Kier molecular flexibility index (Phi) is 8.40. The number of ether oxygens (including phenoxy) is 1. The summed E-state index contributed by atoms with van der Waals surface area (Å²) in [6, 6.07) is 7.59. The molecule has 162 valence electrons. The van der Waals surface area contributed by atoms with Gasteiger partial charge in [-0.1, -0.05) is 44.7 Å². The molecule has 30 heavy (non-hydrogen) atoms. The van der Waals surface area contributed by atoms with Gasteiger partial charge in [-0.2, -0.15) is 13.2 Å². The van der Waals surface area contributed by atoms with Gasteiger partial charge in [-0.15, -0.1) is 0 Å². The standard InChI is InChI=1S/C21H21BrF3NO4/c1-2-3-4-5-6-7-14-8-10-15(11-9-14)20(27)30-19-17(22)12-16(21(23,24)25)13-18(19)26(28)29/h8-13H,2-7H2,1H3. The Morgan fingerprint density at radius 3 is 2.30 bits per heavy atom. The molecule has 0 amide bonds. The van der Waals surface area contributed by atoms with Crippen LogP contribution in [-0.2, 0) is 12.6 Å². The Bertz CT molecular complexity index is 898. The van der Waals surface area contributed by atoms with Crippen molar-refractivity contribution in [2.45, 2.75) is 51.6 Å². The van der Waals surface area contributed by atoms with Crippen LogP contribution in [0, 0.1) is 10.1 Å². The Labute approximate surface area is 180 Å². The van der Waals surface area contributed by atoms with Crippen LogP contribution < -0.4 is 4.74 Å². The van der Waals surface area contributed by atoms with E-state index in [1.165, 1.54) is 31.4 Å². The predicted molar refractivity (Wildman–Crippen MR) is 110 cm³/mol. The van der Waals surface area contributed by atoms with Crippen LogP contribution in [0.15, 0.2) is 40.9 Å². The Balaban J connectivity index is 2.13. The number of carbonyl (C=O) groups excluding carboxylic acids is 1. The SMILES string of the molecule is CCCCCCCc1ccc(C(=O)Oc2c(Br)cc(C(F)(F)F)cc2[N+](=O)[O-])cc1. The highest BCUT2D eigenvalue weighted by Gasteiger charge is 2.35. The largest absolute Gasteiger partial charge is 0.416 e. The zero-order chi connectivity index (χ0) is 22.3. The van der Waals surface area contributed by atoms with E-state index in [4.69, 9.17) is 4.74 Å². The number of carbonyl (C=O) groups is 1. The molecule has 5 nitrogen and oxygen atoms in total. The highest BCUT2D eigenvalue weighted by atomic mass is 79.9. The average molecular weight is 488 g/mol. The van der Waals surface area contributed by atoms with Crippen LogP contribution in [0.25, 0.3) is 0 Å². The van der Waals surface area contributed by atoms with E-state index in [2.05, 4.69) is 22.9 Å². The van der Waals surface area contributed by atoms with E-state index >= 15 is 0 Å². The second-order valence-corrected chi connectivity index (χ2v) is 7.67. The molecule has 2 aromatic carbocycles. The fraction of sp³-hybridized carbons (Fsp3) is 0.381. The number of aryl methyl sites for hydroxylation is 1. The summed E-state index contributed by atoms with van der Waals surface area (Å²) in [5.41, 5.74) is -0.978. The summed E-state index contributed by atoms with van der Waals surface area (Å²) in [6.07, 6.45) is 1.82.